The minimum atomic E-state index is -1.10. The van der Waals surface area contributed by atoms with E-state index >= 15 is 0 Å². The molecule has 0 radical (unpaired) electrons. The number of carboxylic acid groups (broad SMARTS) is 1. The topological polar surface area (TPSA) is 84.9 Å². The van der Waals surface area contributed by atoms with Crippen LogP contribution >= 0.6 is 0 Å². The first-order valence-corrected chi connectivity index (χ1v) is 6.82. The van der Waals surface area contributed by atoms with Crippen molar-refractivity contribution < 1.29 is 24.2 Å². The Bertz CT molecular complexity index is 527. The van der Waals surface area contributed by atoms with Gasteiger partial charge in [0.25, 0.3) is 5.91 Å². The van der Waals surface area contributed by atoms with Crippen LogP contribution in [0.3, 0.4) is 0 Å². The fourth-order valence-electron chi connectivity index (χ4n) is 2.20. The first-order chi connectivity index (χ1) is 9.97. The summed E-state index contributed by atoms with van der Waals surface area (Å²) >= 11 is 0. The van der Waals surface area contributed by atoms with Gasteiger partial charge in [-0.05, 0) is 38.1 Å². The quantitative estimate of drug-likeness (QED) is 0.855. The summed E-state index contributed by atoms with van der Waals surface area (Å²) in [6, 6.07) is 6.16. The highest BCUT2D eigenvalue weighted by Crippen LogP contribution is 2.29. The van der Waals surface area contributed by atoms with Gasteiger partial charge in [0.15, 0.2) is 0 Å². The maximum atomic E-state index is 12.2. The zero-order valence-corrected chi connectivity index (χ0v) is 12.1. The van der Waals surface area contributed by atoms with Gasteiger partial charge in [0, 0.05) is 5.56 Å². The van der Waals surface area contributed by atoms with Gasteiger partial charge in [0.2, 0.25) is 0 Å². The largest absolute Gasteiger partial charge is 0.494 e. The van der Waals surface area contributed by atoms with Gasteiger partial charge >= 0.3 is 5.97 Å². The van der Waals surface area contributed by atoms with Crippen LogP contribution in [0.5, 0.6) is 5.75 Å². The van der Waals surface area contributed by atoms with Crippen molar-refractivity contribution >= 4 is 11.9 Å². The van der Waals surface area contributed by atoms with Crippen LogP contribution in [0.4, 0.5) is 0 Å². The second-order valence-corrected chi connectivity index (χ2v) is 5.22. The Hall–Kier alpha value is -2.08. The molecule has 1 aliphatic rings. The van der Waals surface area contributed by atoms with Crippen LogP contribution in [0.2, 0.25) is 0 Å². The SMILES string of the molecule is CCOc1ccc(C(=O)NC2COCC2(C)C(=O)O)cc1. The molecule has 0 spiro atoms. The lowest BCUT2D eigenvalue weighted by Gasteiger charge is -2.25. The van der Waals surface area contributed by atoms with Crippen LogP contribution in [0, 0.1) is 5.41 Å². The van der Waals surface area contributed by atoms with Crippen LogP contribution in [-0.2, 0) is 9.53 Å². The summed E-state index contributed by atoms with van der Waals surface area (Å²) in [5, 5.41) is 12.0. The third kappa shape index (κ3) is 3.16. The Morgan fingerprint density at radius 2 is 2.10 bits per heavy atom. The fourth-order valence-corrected chi connectivity index (χ4v) is 2.20. The molecule has 1 aromatic carbocycles. The normalized spacial score (nSPS) is 24.6. The van der Waals surface area contributed by atoms with Crippen molar-refractivity contribution in [2.24, 2.45) is 5.41 Å². The Balaban J connectivity index is 2.05. The number of hydrogen-bond donors (Lipinski definition) is 2. The molecule has 1 heterocycles. The van der Waals surface area contributed by atoms with Gasteiger partial charge in [-0.25, -0.2) is 0 Å². The van der Waals surface area contributed by atoms with Gasteiger partial charge in [-0.2, -0.15) is 0 Å². The maximum Gasteiger partial charge on any atom is 0.313 e. The van der Waals surface area contributed by atoms with Gasteiger partial charge in [0.05, 0.1) is 25.9 Å². The number of carboxylic acids is 1. The van der Waals surface area contributed by atoms with Gasteiger partial charge in [-0.15, -0.1) is 0 Å². The highest BCUT2D eigenvalue weighted by atomic mass is 16.5. The van der Waals surface area contributed by atoms with E-state index in [0.29, 0.717) is 17.9 Å². The van der Waals surface area contributed by atoms with E-state index in [1.54, 1.807) is 31.2 Å². The summed E-state index contributed by atoms with van der Waals surface area (Å²) in [6.45, 7) is 4.31. The van der Waals surface area contributed by atoms with Gasteiger partial charge in [-0.1, -0.05) is 0 Å². The fraction of sp³-hybridized carbons (Fsp3) is 0.467. The van der Waals surface area contributed by atoms with Gasteiger partial charge in [0.1, 0.15) is 11.2 Å². The third-order valence-electron chi connectivity index (χ3n) is 3.68. The molecule has 114 valence electrons. The van der Waals surface area contributed by atoms with E-state index in [4.69, 9.17) is 9.47 Å². The summed E-state index contributed by atoms with van der Waals surface area (Å²) in [4.78, 5) is 23.5. The van der Waals surface area contributed by atoms with Crippen molar-refractivity contribution in [2.45, 2.75) is 19.9 Å². The van der Waals surface area contributed by atoms with Crippen LogP contribution in [-0.4, -0.2) is 42.8 Å². The minimum absolute atomic E-state index is 0.0938. The average Bonchev–Trinajstić information content (AvgIpc) is 2.83. The molecule has 1 aromatic rings. The summed E-state index contributed by atoms with van der Waals surface area (Å²) in [5.74, 6) is -0.605. The summed E-state index contributed by atoms with van der Waals surface area (Å²) < 4.78 is 10.5. The molecule has 1 fully saturated rings. The van der Waals surface area contributed by atoms with Crippen LogP contribution < -0.4 is 10.1 Å². The molecule has 0 saturated carbocycles. The smallest absolute Gasteiger partial charge is 0.313 e. The van der Waals surface area contributed by atoms with E-state index in [-0.39, 0.29) is 19.1 Å². The molecule has 1 saturated heterocycles. The number of hydrogen-bond acceptors (Lipinski definition) is 4. The molecule has 2 rings (SSSR count). The van der Waals surface area contributed by atoms with Crippen molar-refractivity contribution in [1.82, 2.24) is 5.32 Å². The Morgan fingerprint density at radius 1 is 1.43 bits per heavy atom. The summed E-state index contributed by atoms with van der Waals surface area (Å²) in [6.07, 6.45) is 0. The number of aliphatic carboxylic acids is 1. The zero-order chi connectivity index (χ0) is 15.5. The molecular weight excluding hydrogens is 274 g/mol. The molecule has 6 nitrogen and oxygen atoms in total. The van der Waals surface area contributed by atoms with E-state index in [9.17, 15) is 14.7 Å². The number of ether oxygens (including phenoxy) is 2. The highest BCUT2D eigenvalue weighted by Gasteiger charge is 2.47. The predicted molar refractivity (Wildman–Crippen MR) is 75.4 cm³/mol. The van der Waals surface area contributed by atoms with E-state index in [1.807, 2.05) is 6.92 Å². The van der Waals surface area contributed by atoms with Gasteiger partial charge in [-0.3, -0.25) is 9.59 Å². The van der Waals surface area contributed by atoms with E-state index in [0.717, 1.165) is 0 Å². The molecule has 0 bridgehead atoms. The van der Waals surface area contributed by atoms with E-state index in [1.165, 1.54) is 0 Å². The molecular formula is C15H19NO5. The molecule has 2 N–H and O–H groups in total. The van der Waals surface area contributed by atoms with Gasteiger partial charge < -0.3 is 19.9 Å². The molecule has 2 unspecified atom stereocenters. The van der Waals surface area contributed by atoms with Crippen molar-refractivity contribution in [3.63, 3.8) is 0 Å². The first-order valence-electron chi connectivity index (χ1n) is 6.82. The maximum absolute atomic E-state index is 12.2. The molecule has 2 atom stereocenters. The minimum Gasteiger partial charge on any atom is -0.494 e. The summed E-state index contributed by atoms with van der Waals surface area (Å²) in [5.41, 5.74) is -0.640. The van der Waals surface area contributed by atoms with E-state index in [2.05, 4.69) is 5.32 Å². The average molecular weight is 293 g/mol. The van der Waals surface area contributed by atoms with Crippen LogP contribution in [0.25, 0.3) is 0 Å². The number of amides is 1. The number of carbonyl (C=O) groups excluding carboxylic acids is 1. The molecule has 0 aromatic heterocycles. The second-order valence-electron chi connectivity index (χ2n) is 5.22. The van der Waals surface area contributed by atoms with E-state index < -0.39 is 17.4 Å². The zero-order valence-electron chi connectivity index (χ0n) is 12.1. The monoisotopic (exact) mass is 293 g/mol. The molecule has 1 amide bonds. The Morgan fingerprint density at radius 3 is 2.67 bits per heavy atom. The standard InChI is InChI=1S/C15H19NO5/c1-3-21-11-6-4-10(5-7-11)13(17)16-12-8-20-9-15(12,2)14(18)19/h4-7,12H,3,8-9H2,1-2H3,(H,16,17)(H,18,19). The lowest BCUT2D eigenvalue weighted by atomic mass is 9.85. The van der Waals surface area contributed by atoms with Crippen molar-refractivity contribution in [1.29, 1.82) is 0 Å². The second kappa shape index (κ2) is 6.13. The Kier molecular flexibility index (Phi) is 4.47. The number of carbonyl (C=O) groups is 2. The number of benzene rings is 1. The molecule has 0 aliphatic carbocycles. The highest BCUT2D eigenvalue weighted by molar-refractivity contribution is 5.95. The van der Waals surface area contributed by atoms with Crippen LogP contribution in [0.1, 0.15) is 24.2 Å². The number of nitrogens with one attached hydrogen (secondary N) is 1. The van der Waals surface area contributed by atoms with Crippen molar-refractivity contribution in [2.75, 3.05) is 19.8 Å². The van der Waals surface area contributed by atoms with Crippen LogP contribution in [0.15, 0.2) is 24.3 Å². The molecule has 6 heteroatoms. The predicted octanol–water partition coefficient (Wildman–Crippen LogP) is 1.30. The lowest BCUT2D eigenvalue weighted by Crippen LogP contribution is -2.49. The van der Waals surface area contributed by atoms with Crippen molar-refractivity contribution in [3.05, 3.63) is 29.8 Å². The Labute approximate surface area is 123 Å². The van der Waals surface area contributed by atoms with Crippen molar-refractivity contribution in [3.8, 4) is 5.75 Å². The lowest BCUT2D eigenvalue weighted by molar-refractivity contribution is -0.148. The summed E-state index contributed by atoms with van der Waals surface area (Å²) in [7, 11) is 0. The number of rotatable bonds is 5. The third-order valence-corrected chi connectivity index (χ3v) is 3.68. The molecule has 1 aliphatic heterocycles. The first kappa shape index (κ1) is 15.3. The molecule has 21 heavy (non-hydrogen) atoms.